The average molecular weight is 298 g/mol. The van der Waals surface area contributed by atoms with Gasteiger partial charge in [-0.1, -0.05) is 19.4 Å². The van der Waals surface area contributed by atoms with Crippen molar-refractivity contribution in [1.82, 2.24) is 10.6 Å². The Morgan fingerprint density at radius 2 is 2.20 bits per heavy atom. The molecule has 0 radical (unpaired) electrons. The first-order valence-electron chi connectivity index (χ1n) is 6.70. The molecule has 0 saturated heterocycles. The summed E-state index contributed by atoms with van der Waals surface area (Å²) in [7, 11) is 1.32. The fourth-order valence-electron chi connectivity index (χ4n) is 1.96. The van der Waals surface area contributed by atoms with Crippen molar-refractivity contribution >= 4 is 23.2 Å². The molecule has 0 fully saturated rings. The van der Waals surface area contributed by atoms with E-state index in [1.54, 1.807) is 11.3 Å². The average Bonchev–Trinajstić information content (AvgIpc) is 2.94. The van der Waals surface area contributed by atoms with E-state index in [-0.39, 0.29) is 11.9 Å². The van der Waals surface area contributed by atoms with Crippen LogP contribution >= 0.6 is 11.3 Å². The number of carbonyl (C=O) groups excluding carboxylic acids is 2. The van der Waals surface area contributed by atoms with E-state index in [0.29, 0.717) is 6.54 Å². The van der Waals surface area contributed by atoms with Gasteiger partial charge in [-0.15, -0.1) is 11.3 Å². The second kappa shape index (κ2) is 8.71. The molecule has 5 nitrogen and oxygen atoms in total. The molecule has 112 valence electrons. The monoisotopic (exact) mass is 298 g/mol. The molecule has 1 heterocycles. The van der Waals surface area contributed by atoms with Crippen molar-refractivity contribution in [3.8, 4) is 0 Å². The summed E-state index contributed by atoms with van der Waals surface area (Å²) in [6.45, 7) is 3.86. The van der Waals surface area contributed by atoms with Gasteiger partial charge in [0.1, 0.15) is 6.04 Å². The van der Waals surface area contributed by atoms with Crippen LogP contribution in [0.2, 0.25) is 0 Å². The summed E-state index contributed by atoms with van der Waals surface area (Å²) in [5.74, 6) is -0.681. The third kappa shape index (κ3) is 5.30. The molecule has 0 aliphatic rings. The van der Waals surface area contributed by atoms with Crippen molar-refractivity contribution in [2.75, 3.05) is 13.7 Å². The molecular formula is C14H22N2O3S. The predicted octanol–water partition coefficient (Wildman–Crippen LogP) is 1.86. The van der Waals surface area contributed by atoms with Crippen LogP contribution in [0.15, 0.2) is 17.5 Å². The molecule has 1 rings (SSSR count). The summed E-state index contributed by atoms with van der Waals surface area (Å²) in [6, 6.07) is 3.62. The zero-order valence-corrected chi connectivity index (χ0v) is 13.0. The zero-order chi connectivity index (χ0) is 15.0. The number of esters is 1. The Bertz CT molecular complexity index is 420. The van der Waals surface area contributed by atoms with Crippen LogP contribution in [0.25, 0.3) is 0 Å². The molecule has 0 spiro atoms. The zero-order valence-electron chi connectivity index (χ0n) is 12.1. The van der Waals surface area contributed by atoms with Crippen LogP contribution in [-0.4, -0.2) is 31.6 Å². The van der Waals surface area contributed by atoms with E-state index in [2.05, 4.69) is 23.6 Å². The molecule has 0 aliphatic heterocycles. The maximum absolute atomic E-state index is 11.6. The Kier molecular flexibility index (Phi) is 7.25. The first-order valence-corrected chi connectivity index (χ1v) is 7.58. The van der Waals surface area contributed by atoms with E-state index >= 15 is 0 Å². The normalized spacial score (nSPS) is 13.6. The Morgan fingerprint density at radius 1 is 1.45 bits per heavy atom. The Labute approximate surface area is 123 Å². The lowest BCUT2D eigenvalue weighted by atomic mass is 10.1. The number of nitrogens with one attached hydrogen (secondary N) is 2. The van der Waals surface area contributed by atoms with Crippen LogP contribution in [0, 0.1) is 0 Å². The Morgan fingerprint density at radius 3 is 2.70 bits per heavy atom. The number of amides is 1. The molecule has 1 aromatic rings. The lowest BCUT2D eigenvalue weighted by Crippen LogP contribution is -2.47. The van der Waals surface area contributed by atoms with Crippen molar-refractivity contribution in [3.63, 3.8) is 0 Å². The molecule has 0 aromatic carbocycles. The minimum atomic E-state index is -0.656. The summed E-state index contributed by atoms with van der Waals surface area (Å²) >= 11 is 1.68. The number of rotatable bonds is 8. The van der Waals surface area contributed by atoms with E-state index in [9.17, 15) is 9.59 Å². The largest absolute Gasteiger partial charge is 0.467 e. The first kappa shape index (κ1) is 16.7. The van der Waals surface area contributed by atoms with Gasteiger partial charge in [0, 0.05) is 24.4 Å². The highest BCUT2D eigenvalue weighted by Gasteiger charge is 2.22. The summed E-state index contributed by atoms with van der Waals surface area (Å²) in [6.07, 6.45) is 2.02. The SMILES string of the molecule is CCCC(NCC(NC(C)=O)C(=O)OC)c1cccs1. The van der Waals surface area contributed by atoms with E-state index in [1.807, 2.05) is 11.4 Å². The number of carbonyl (C=O) groups is 2. The fraction of sp³-hybridized carbons (Fsp3) is 0.571. The minimum absolute atomic E-state index is 0.195. The lowest BCUT2D eigenvalue weighted by Gasteiger charge is -2.21. The van der Waals surface area contributed by atoms with Crippen molar-refractivity contribution in [2.45, 2.75) is 38.8 Å². The molecule has 0 saturated carbocycles. The van der Waals surface area contributed by atoms with Crippen molar-refractivity contribution in [2.24, 2.45) is 0 Å². The van der Waals surface area contributed by atoms with Crippen LogP contribution in [0.4, 0.5) is 0 Å². The van der Waals surface area contributed by atoms with Gasteiger partial charge in [-0.25, -0.2) is 4.79 Å². The number of methoxy groups -OCH3 is 1. The molecule has 0 bridgehead atoms. The van der Waals surface area contributed by atoms with Gasteiger partial charge >= 0.3 is 5.97 Å². The van der Waals surface area contributed by atoms with Crippen LogP contribution in [0.3, 0.4) is 0 Å². The summed E-state index contributed by atoms with van der Waals surface area (Å²) in [5, 5.41) is 7.97. The van der Waals surface area contributed by atoms with Crippen molar-refractivity contribution in [3.05, 3.63) is 22.4 Å². The predicted molar refractivity (Wildman–Crippen MR) is 79.6 cm³/mol. The molecular weight excluding hydrogens is 276 g/mol. The summed E-state index contributed by atoms with van der Waals surface area (Å²) in [4.78, 5) is 24.0. The van der Waals surface area contributed by atoms with E-state index < -0.39 is 12.0 Å². The van der Waals surface area contributed by atoms with Gasteiger partial charge in [-0.05, 0) is 17.9 Å². The van der Waals surface area contributed by atoms with Gasteiger partial charge in [-0.2, -0.15) is 0 Å². The lowest BCUT2D eigenvalue weighted by molar-refractivity contribution is -0.144. The van der Waals surface area contributed by atoms with Gasteiger partial charge in [0.15, 0.2) is 0 Å². The molecule has 1 aromatic heterocycles. The number of hydrogen-bond acceptors (Lipinski definition) is 5. The number of thiophene rings is 1. The fourth-order valence-corrected chi connectivity index (χ4v) is 2.80. The third-order valence-corrected chi connectivity index (χ3v) is 3.88. The van der Waals surface area contributed by atoms with Crippen LogP contribution in [0.5, 0.6) is 0 Å². The Hall–Kier alpha value is -1.40. The molecule has 6 heteroatoms. The second-order valence-electron chi connectivity index (χ2n) is 4.54. The topological polar surface area (TPSA) is 67.4 Å². The maximum Gasteiger partial charge on any atom is 0.329 e. The van der Waals surface area contributed by atoms with Crippen molar-refractivity contribution in [1.29, 1.82) is 0 Å². The van der Waals surface area contributed by atoms with Gasteiger partial charge in [0.25, 0.3) is 0 Å². The smallest absolute Gasteiger partial charge is 0.329 e. The van der Waals surface area contributed by atoms with E-state index in [4.69, 9.17) is 4.74 Å². The standard InChI is InChI=1S/C14H22N2O3S/c1-4-6-11(13-7-5-8-20-13)15-9-12(14(18)19-3)16-10(2)17/h5,7-8,11-12,15H,4,6,9H2,1-3H3,(H,16,17). The van der Waals surface area contributed by atoms with Gasteiger partial charge in [-0.3, -0.25) is 4.79 Å². The van der Waals surface area contributed by atoms with Gasteiger partial charge < -0.3 is 15.4 Å². The third-order valence-electron chi connectivity index (χ3n) is 2.90. The van der Waals surface area contributed by atoms with Gasteiger partial charge in [0.05, 0.1) is 7.11 Å². The Balaban J connectivity index is 2.63. The summed E-state index contributed by atoms with van der Waals surface area (Å²) in [5.41, 5.74) is 0. The molecule has 2 N–H and O–H groups in total. The highest BCUT2D eigenvalue weighted by atomic mass is 32.1. The number of ether oxygens (including phenoxy) is 1. The highest BCUT2D eigenvalue weighted by Crippen LogP contribution is 2.23. The summed E-state index contributed by atoms with van der Waals surface area (Å²) < 4.78 is 4.71. The second-order valence-corrected chi connectivity index (χ2v) is 5.52. The van der Waals surface area contributed by atoms with Crippen molar-refractivity contribution < 1.29 is 14.3 Å². The molecule has 2 atom stereocenters. The van der Waals surface area contributed by atoms with E-state index in [1.165, 1.54) is 18.9 Å². The quantitative estimate of drug-likeness (QED) is 0.719. The molecule has 1 amide bonds. The minimum Gasteiger partial charge on any atom is -0.467 e. The van der Waals surface area contributed by atoms with Crippen LogP contribution < -0.4 is 10.6 Å². The maximum atomic E-state index is 11.6. The molecule has 2 unspecified atom stereocenters. The van der Waals surface area contributed by atoms with E-state index in [0.717, 1.165) is 12.8 Å². The first-order chi connectivity index (χ1) is 9.58. The van der Waals surface area contributed by atoms with Crippen LogP contribution in [0.1, 0.15) is 37.6 Å². The van der Waals surface area contributed by atoms with Crippen LogP contribution in [-0.2, 0) is 14.3 Å². The number of hydrogen-bond donors (Lipinski definition) is 2. The van der Waals surface area contributed by atoms with Gasteiger partial charge in [0.2, 0.25) is 5.91 Å². The molecule has 0 aliphatic carbocycles. The molecule has 20 heavy (non-hydrogen) atoms. The highest BCUT2D eigenvalue weighted by molar-refractivity contribution is 7.10.